The highest BCUT2D eigenvalue weighted by molar-refractivity contribution is 6.06. The van der Waals surface area contributed by atoms with E-state index in [0.29, 0.717) is 0 Å². The first-order chi connectivity index (χ1) is 14.0. The first-order valence-corrected chi connectivity index (χ1v) is 9.99. The summed E-state index contributed by atoms with van der Waals surface area (Å²) in [6.45, 7) is 6.15. The van der Waals surface area contributed by atoms with Crippen molar-refractivity contribution < 1.29 is 4.74 Å². The second-order valence-electron chi connectivity index (χ2n) is 7.48. The molecule has 2 aliphatic heterocycles. The lowest BCUT2D eigenvalue weighted by molar-refractivity contribution is 0.415. The van der Waals surface area contributed by atoms with Gasteiger partial charge in [-0.25, -0.2) is 4.99 Å². The van der Waals surface area contributed by atoms with E-state index < -0.39 is 6.29 Å². The lowest BCUT2D eigenvalue weighted by Crippen LogP contribution is -2.54. The summed E-state index contributed by atoms with van der Waals surface area (Å²) in [6.07, 6.45) is 1.92. The molecule has 7 heteroatoms. The molecule has 1 unspecified atom stereocenters. The Labute approximate surface area is 171 Å². The molecule has 1 atom stereocenters. The van der Waals surface area contributed by atoms with Crippen LogP contribution in [0.5, 0.6) is 5.75 Å². The molecular formula is C22H28N6O. The normalized spacial score (nSPS) is 19.1. The Balaban J connectivity index is 1.71. The van der Waals surface area contributed by atoms with Crippen molar-refractivity contribution in [1.82, 2.24) is 4.90 Å². The second-order valence-corrected chi connectivity index (χ2v) is 7.48. The Morgan fingerprint density at radius 2 is 1.76 bits per heavy atom. The monoisotopic (exact) mass is 392 g/mol. The van der Waals surface area contributed by atoms with Gasteiger partial charge in [0.25, 0.3) is 0 Å². The zero-order valence-corrected chi connectivity index (χ0v) is 17.2. The predicted octanol–water partition coefficient (Wildman–Crippen LogP) is 3.29. The molecular weight excluding hydrogens is 364 g/mol. The van der Waals surface area contributed by atoms with Gasteiger partial charge >= 0.3 is 0 Å². The van der Waals surface area contributed by atoms with Crippen molar-refractivity contribution in [1.29, 1.82) is 0 Å². The summed E-state index contributed by atoms with van der Waals surface area (Å²) in [5, 5.41) is 3.53. The number of aryl methyl sites for hydroxylation is 2. The lowest BCUT2D eigenvalue weighted by Gasteiger charge is -2.38. The number of rotatable bonds is 4. The molecule has 2 aromatic rings. The van der Waals surface area contributed by atoms with Crippen molar-refractivity contribution >= 4 is 23.3 Å². The van der Waals surface area contributed by atoms with E-state index in [1.54, 1.807) is 7.11 Å². The number of nitrogens with two attached hydrogens (primary N) is 1. The number of likely N-dealkylation sites (tertiary alicyclic amines) is 1. The third-order valence-corrected chi connectivity index (χ3v) is 5.47. The molecule has 1 fully saturated rings. The van der Waals surface area contributed by atoms with E-state index in [4.69, 9.17) is 10.5 Å². The molecule has 0 amide bonds. The number of hydrogen-bond acceptors (Lipinski definition) is 7. The fraction of sp³-hybridized carbons (Fsp3) is 0.364. The van der Waals surface area contributed by atoms with Gasteiger partial charge in [-0.05, 0) is 74.2 Å². The van der Waals surface area contributed by atoms with Crippen LogP contribution < -0.4 is 20.7 Å². The quantitative estimate of drug-likeness (QED) is 0.835. The van der Waals surface area contributed by atoms with Gasteiger partial charge in [-0.15, -0.1) is 0 Å². The number of guanidine groups is 2. The zero-order chi connectivity index (χ0) is 20.4. The number of benzene rings is 2. The molecule has 4 rings (SSSR count). The summed E-state index contributed by atoms with van der Waals surface area (Å²) in [7, 11) is 1.67. The van der Waals surface area contributed by atoms with Gasteiger partial charge in [0.15, 0.2) is 0 Å². The first kappa shape index (κ1) is 19.1. The molecule has 0 radical (unpaired) electrons. The molecule has 0 saturated carbocycles. The van der Waals surface area contributed by atoms with Gasteiger partial charge < -0.3 is 20.7 Å². The van der Waals surface area contributed by atoms with E-state index in [0.717, 1.165) is 49.0 Å². The Kier molecular flexibility index (Phi) is 5.29. The maximum absolute atomic E-state index is 6.13. The number of nitrogens with zero attached hydrogens (tertiary/aromatic N) is 4. The Morgan fingerprint density at radius 1 is 1.03 bits per heavy atom. The standard InChI is InChI=1S/C22H28N6O/c1-15-6-7-17(14-16(15)2)24-21-25-20(23)26-22(27-12-4-5-13-27)28(21)18-8-10-19(29-3)11-9-18/h6-11,14,21,24H,4-5,12-13H2,1-3H3,(H2,23,25). The summed E-state index contributed by atoms with van der Waals surface area (Å²) < 4.78 is 5.32. The minimum absolute atomic E-state index is 0.290. The maximum atomic E-state index is 6.13. The van der Waals surface area contributed by atoms with Crippen LogP contribution >= 0.6 is 0 Å². The summed E-state index contributed by atoms with van der Waals surface area (Å²) in [5.41, 5.74) is 10.6. The van der Waals surface area contributed by atoms with Gasteiger partial charge in [0.1, 0.15) is 5.75 Å². The zero-order valence-electron chi connectivity index (χ0n) is 17.2. The molecule has 2 heterocycles. The average Bonchev–Trinajstić information content (AvgIpc) is 3.25. The lowest BCUT2D eigenvalue weighted by atomic mass is 10.1. The molecule has 7 nitrogen and oxygen atoms in total. The van der Waals surface area contributed by atoms with E-state index in [9.17, 15) is 0 Å². The van der Waals surface area contributed by atoms with Crippen LogP contribution in [0, 0.1) is 13.8 Å². The topological polar surface area (TPSA) is 78.5 Å². The van der Waals surface area contributed by atoms with Crippen LogP contribution in [0.2, 0.25) is 0 Å². The van der Waals surface area contributed by atoms with E-state index in [-0.39, 0.29) is 5.96 Å². The molecule has 1 saturated heterocycles. The molecule has 0 spiro atoms. The van der Waals surface area contributed by atoms with Crippen LogP contribution in [0.3, 0.4) is 0 Å². The molecule has 2 aliphatic rings. The van der Waals surface area contributed by atoms with Crippen molar-refractivity contribution in [3.63, 3.8) is 0 Å². The van der Waals surface area contributed by atoms with Crippen molar-refractivity contribution in [2.24, 2.45) is 15.7 Å². The van der Waals surface area contributed by atoms with Crippen molar-refractivity contribution in [3.05, 3.63) is 53.6 Å². The number of ether oxygens (including phenoxy) is 1. The van der Waals surface area contributed by atoms with Crippen LogP contribution in [-0.2, 0) is 0 Å². The van der Waals surface area contributed by atoms with Crippen molar-refractivity contribution in [2.45, 2.75) is 33.0 Å². The van der Waals surface area contributed by atoms with Crippen LogP contribution in [0.15, 0.2) is 52.4 Å². The number of methoxy groups -OCH3 is 1. The van der Waals surface area contributed by atoms with Gasteiger partial charge in [-0.3, -0.25) is 4.90 Å². The molecule has 152 valence electrons. The number of hydrogen-bond donors (Lipinski definition) is 2. The molecule has 0 aliphatic carbocycles. The highest BCUT2D eigenvalue weighted by Gasteiger charge is 2.32. The summed E-state index contributed by atoms with van der Waals surface area (Å²) in [5.74, 6) is 1.94. The van der Waals surface area contributed by atoms with Gasteiger partial charge in [0.2, 0.25) is 18.2 Å². The largest absolute Gasteiger partial charge is 0.497 e. The van der Waals surface area contributed by atoms with E-state index in [2.05, 4.69) is 57.1 Å². The Bertz CT molecular complexity index is 931. The molecule has 29 heavy (non-hydrogen) atoms. The van der Waals surface area contributed by atoms with E-state index in [1.807, 2.05) is 24.3 Å². The van der Waals surface area contributed by atoms with Crippen molar-refractivity contribution in [3.8, 4) is 5.75 Å². The fourth-order valence-corrected chi connectivity index (χ4v) is 3.69. The number of nitrogens with one attached hydrogen (secondary N) is 1. The van der Waals surface area contributed by atoms with Gasteiger partial charge in [-0.1, -0.05) is 6.07 Å². The van der Waals surface area contributed by atoms with Crippen LogP contribution in [0.1, 0.15) is 24.0 Å². The Hall–Kier alpha value is -3.22. The second kappa shape index (κ2) is 8.03. The molecule has 2 aromatic carbocycles. The van der Waals surface area contributed by atoms with Crippen LogP contribution in [0.25, 0.3) is 0 Å². The van der Waals surface area contributed by atoms with E-state index >= 15 is 0 Å². The summed E-state index contributed by atoms with van der Waals surface area (Å²) in [4.78, 5) is 13.6. The fourth-order valence-electron chi connectivity index (χ4n) is 3.69. The molecule has 0 bridgehead atoms. The maximum Gasteiger partial charge on any atom is 0.222 e. The smallest absolute Gasteiger partial charge is 0.222 e. The predicted molar refractivity (Wildman–Crippen MR) is 119 cm³/mol. The summed E-state index contributed by atoms with van der Waals surface area (Å²) in [6, 6.07) is 14.3. The first-order valence-electron chi connectivity index (χ1n) is 9.99. The number of aliphatic imine (C=N–C) groups is 2. The molecule has 0 aromatic heterocycles. The third kappa shape index (κ3) is 3.99. The number of anilines is 2. The minimum Gasteiger partial charge on any atom is -0.497 e. The van der Waals surface area contributed by atoms with Crippen LogP contribution in [0.4, 0.5) is 11.4 Å². The van der Waals surface area contributed by atoms with Gasteiger partial charge in [-0.2, -0.15) is 4.99 Å². The highest BCUT2D eigenvalue weighted by Crippen LogP contribution is 2.27. The Morgan fingerprint density at radius 3 is 2.41 bits per heavy atom. The van der Waals surface area contributed by atoms with Crippen molar-refractivity contribution in [2.75, 3.05) is 30.4 Å². The van der Waals surface area contributed by atoms with Crippen LogP contribution in [-0.4, -0.2) is 43.3 Å². The van der Waals surface area contributed by atoms with E-state index in [1.165, 1.54) is 11.1 Å². The van der Waals surface area contributed by atoms with Gasteiger partial charge in [0, 0.05) is 24.5 Å². The summed E-state index contributed by atoms with van der Waals surface area (Å²) >= 11 is 0. The third-order valence-electron chi connectivity index (χ3n) is 5.47. The van der Waals surface area contributed by atoms with Gasteiger partial charge in [0.05, 0.1) is 7.11 Å². The average molecular weight is 393 g/mol. The minimum atomic E-state index is -0.390. The highest BCUT2D eigenvalue weighted by atomic mass is 16.5. The molecule has 3 N–H and O–H groups in total. The SMILES string of the molecule is COc1ccc(N2C(N3CCCC3)=NC(N)=NC2Nc2ccc(C)c(C)c2)cc1.